The molecule has 0 spiro atoms. The summed E-state index contributed by atoms with van der Waals surface area (Å²) in [5.74, 6) is -2.71. The number of carbonyl (C=O) groups excluding carboxylic acids is 2. The normalized spacial score (nSPS) is 20.1. The Bertz CT molecular complexity index is 921. The van der Waals surface area contributed by atoms with Gasteiger partial charge in [0.05, 0.1) is 12.5 Å². The van der Waals surface area contributed by atoms with E-state index in [1.54, 1.807) is 16.0 Å². The van der Waals surface area contributed by atoms with Gasteiger partial charge in [-0.05, 0) is 37.8 Å². The molecule has 1 aromatic rings. The predicted molar refractivity (Wildman–Crippen MR) is 110 cm³/mol. The predicted octanol–water partition coefficient (Wildman–Crippen LogP) is 2.34. The SMILES string of the molecule is N#CNC(=Nc1ccc(F)cc1F)/N=C\C1CCCCN(CC(=O)N2CCCC2)C1=O. The number of amides is 2. The van der Waals surface area contributed by atoms with Crippen molar-refractivity contribution in [2.45, 2.75) is 32.1 Å². The Morgan fingerprint density at radius 1 is 1.23 bits per heavy atom. The summed E-state index contributed by atoms with van der Waals surface area (Å²) in [6.07, 6.45) is 7.10. The summed E-state index contributed by atoms with van der Waals surface area (Å²) in [5, 5.41) is 11.2. The molecule has 0 aromatic heterocycles. The maximum absolute atomic E-state index is 13.9. The molecule has 31 heavy (non-hydrogen) atoms. The Morgan fingerprint density at radius 2 is 1.97 bits per heavy atom. The van der Waals surface area contributed by atoms with Crippen molar-refractivity contribution >= 4 is 29.7 Å². The monoisotopic (exact) mass is 430 g/mol. The van der Waals surface area contributed by atoms with Gasteiger partial charge in [-0.25, -0.2) is 18.8 Å². The lowest BCUT2D eigenvalue weighted by Gasteiger charge is -2.25. The number of nitriles is 1. The van der Waals surface area contributed by atoms with E-state index in [0.717, 1.165) is 50.9 Å². The first-order chi connectivity index (χ1) is 15.0. The van der Waals surface area contributed by atoms with Crippen molar-refractivity contribution in [2.75, 3.05) is 26.2 Å². The highest BCUT2D eigenvalue weighted by Crippen LogP contribution is 2.20. The van der Waals surface area contributed by atoms with Gasteiger partial charge in [0.1, 0.15) is 11.5 Å². The summed E-state index contributed by atoms with van der Waals surface area (Å²) in [4.78, 5) is 36.7. The zero-order valence-corrected chi connectivity index (χ0v) is 17.1. The van der Waals surface area contributed by atoms with E-state index in [1.807, 2.05) is 0 Å². The van der Waals surface area contributed by atoms with Gasteiger partial charge < -0.3 is 9.80 Å². The van der Waals surface area contributed by atoms with Gasteiger partial charge in [0.15, 0.2) is 12.0 Å². The number of likely N-dealkylation sites (tertiary alicyclic amines) is 2. The Balaban J connectivity index is 1.72. The average Bonchev–Trinajstić information content (AvgIpc) is 3.23. The van der Waals surface area contributed by atoms with Gasteiger partial charge in [-0.3, -0.25) is 14.9 Å². The van der Waals surface area contributed by atoms with Crippen molar-refractivity contribution in [1.82, 2.24) is 15.1 Å². The van der Waals surface area contributed by atoms with Crippen LogP contribution in [0.5, 0.6) is 0 Å². The van der Waals surface area contributed by atoms with Crippen LogP contribution in [0.2, 0.25) is 0 Å². The minimum atomic E-state index is -0.899. The van der Waals surface area contributed by atoms with E-state index in [2.05, 4.69) is 15.3 Å². The Kier molecular flexibility index (Phi) is 7.65. The van der Waals surface area contributed by atoms with E-state index in [9.17, 15) is 18.4 Å². The van der Waals surface area contributed by atoms with Crippen LogP contribution in [0.1, 0.15) is 32.1 Å². The van der Waals surface area contributed by atoms with Crippen LogP contribution in [0.3, 0.4) is 0 Å². The first-order valence-corrected chi connectivity index (χ1v) is 10.3. The van der Waals surface area contributed by atoms with E-state index in [0.29, 0.717) is 19.0 Å². The molecule has 2 fully saturated rings. The molecular weight excluding hydrogens is 406 g/mol. The number of carbonyl (C=O) groups is 2. The molecule has 164 valence electrons. The molecule has 0 saturated carbocycles. The number of nitrogens with zero attached hydrogens (tertiary/aromatic N) is 5. The maximum atomic E-state index is 13.9. The molecule has 2 aliphatic rings. The fraction of sp³-hybridized carbons (Fsp3) is 0.476. The van der Waals surface area contributed by atoms with Crippen LogP contribution in [-0.2, 0) is 9.59 Å². The lowest BCUT2D eigenvalue weighted by molar-refractivity contribution is -0.140. The number of nitrogens with one attached hydrogen (secondary N) is 1. The molecule has 0 radical (unpaired) electrons. The molecule has 2 aliphatic heterocycles. The van der Waals surface area contributed by atoms with Gasteiger partial charge in [0.25, 0.3) is 0 Å². The lowest BCUT2D eigenvalue weighted by Crippen LogP contribution is -2.44. The quantitative estimate of drug-likeness (QED) is 0.343. The van der Waals surface area contributed by atoms with Gasteiger partial charge >= 0.3 is 0 Å². The molecule has 1 N–H and O–H groups in total. The topological polar surface area (TPSA) is 101 Å². The second-order valence-electron chi connectivity index (χ2n) is 7.50. The lowest BCUT2D eigenvalue weighted by atomic mass is 10.0. The fourth-order valence-corrected chi connectivity index (χ4v) is 3.65. The fourth-order valence-electron chi connectivity index (χ4n) is 3.65. The molecule has 10 heteroatoms. The van der Waals surface area contributed by atoms with Crippen molar-refractivity contribution in [1.29, 1.82) is 5.26 Å². The number of aliphatic imine (C=N–C) groups is 2. The summed E-state index contributed by atoms with van der Waals surface area (Å²) in [6.45, 7) is 2.00. The Hall–Kier alpha value is -3.35. The van der Waals surface area contributed by atoms with E-state index in [4.69, 9.17) is 5.26 Å². The first-order valence-electron chi connectivity index (χ1n) is 10.3. The van der Waals surface area contributed by atoms with Gasteiger partial charge in [-0.15, -0.1) is 0 Å². The van der Waals surface area contributed by atoms with Crippen LogP contribution in [0.4, 0.5) is 14.5 Å². The highest BCUT2D eigenvalue weighted by Gasteiger charge is 2.29. The summed E-state index contributed by atoms with van der Waals surface area (Å²) in [5.41, 5.74) is -0.193. The first kappa shape index (κ1) is 22.3. The van der Waals surface area contributed by atoms with Crippen LogP contribution in [0, 0.1) is 29.0 Å². The summed E-state index contributed by atoms with van der Waals surface area (Å²) < 4.78 is 26.9. The minimum Gasteiger partial charge on any atom is -0.341 e. The average molecular weight is 430 g/mol. The van der Waals surface area contributed by atoms with Crippen LogP contribution in [0.15, 0.2) is 28.2 Å². The third kappa shape index (κ3) is 6.07. The van der Waals surface area contributed by atoms with Crippen molar-refractivity contribution in [3.05, 3.63) is 29.8 Å². The third-order valence-corrected chi connectivity index (χ3v) is 5.29. The smallest absolute Gasteiger partial charge is 0.242 e. The number of rotatable bonds is 4. The zero-order chi connectivity index (χ0) is 22.2. The standard InChI is InChI=1S/C21H24F2N6O2/c22-16-6-7-18(17(23)11-16)27-21(26-14-24)25-12-15-5-1-2-10-29(20(15)31)13-19(30)28-8-3-4-9-28/h6-7,11-12,15H,1-5,8-10,13H2,(H,26,27)/b25-12-. The molecule has 0 bridgehead atoms. The second kappa shape index (κ2) is 10.6. The second-order valence-corrected chi connectivity index (χ2v) is 7.50. The summed E-state index contributed by atoms with van der Waals surface area (Å²) in [6, 6.07) is 2.85. The summed E-state index contributed by atoms with van der Waals surface area (Å²) in [7, 11) is 0. The van der Waals surface area contributed by atoms with E-state index in [-0.39, 0.29) is 30.0 Å². The number of benzene rings is 1. The molecule has 3 rings (SSSR count). The number of guanidine groups is 1. The van der Waals surface area contributed by atoms with Crippen molar-refractivity contribution in [3.8, 4) is 6.19 Å². The highest BCUT2D eigenvalue weighted by atomic mass is 19.1. The Labute approximate surface area is 179 Å². The van der Waals surface area contributed by atoms with Gasteiger partial charge in [0.2, 0.25) is 17.8 Å². The van der Waals surface area contributed by atoms with Gasteiger partial charge in [-0.2, -0.15) is 5.26 Å². The van der Waals surface area contributed by atoms with Crippen LogP contribution in [-0.4, -0.2) is 60.0 Å². The van der Waals surface area contributed by atoms with Crippen molar-refractivity contribution in [2.24, 2.45) is 15.9 Å². The summed E-state index contributed by atoms with van der Waals surface area (Å²) >= 11 is 0. The van der Waals surface area contributed by atoms with E-state index >= 15 is 0 Å². The number of halogens is 2. The Morgan fingerprint density at radius 3 is 2.68 bits per heavy atom. The highest BCUT2D eigenvalue weighted by molar-refractivity contribution is 6.00. The van der Waals surface area contributed by atoms with Crippen molar-refractivity contribution in [3.63, 3.8) is 0 Å². The molecule has 0 aliphatic carbocycles. The zero-order valence-electron chi connectivity index (χ0n) is 17.1. The molecule has 8 nitrogen and oxygen atoms in total. The van der Waals surface area contributed by atoms with Crippen molar-refractivity contribution < 1.29 is 18.4 Å². The van der Waals surface area contributed by atoms with Gasteiger partial charge in [-0.1, -0.05) is 6.42 Å². The largest absolute Gasteiger partial charge is 0.341 e. The molecule has 2 amide bonds. The third-order valence-electron chi connectivity index (χ3n) is 5.29. The molecule has 1 aromatic carbocycles. The minimum absolute atomic E-state index is 0.0430. The van der Waals surface area contributed by atoms with Crippen LogP contribution in [0.25, 0.3) is 0 Å². The molecule has 1 unspecified atom stereocenters. The molecular formula is C21H24F2N6O2. The van der Waals surface area contributed by atoms with Crippen LogP contribution >= 0.6 is 0 Å². The maximum Gasteiger partial charge on any atom is 0.242 e. The number of hydrogen-bond donors (Lipinski definition) is 1. The van der Waals surface area contributed by atoms with E-state index < -0.39 is 17.6 Å². The van der Waals surface area contributed by atoms with E-state index in [1.165, 1.54) is 6.21 Å². The molecule has 2 saturated heterocycles. The molecule has 1 atom stereocenters. The van der Waals surface area contributed by atoms with Crippen LogP contribution < -0.4 is 5.32 Å². The van der Waals surface area contributed by atoms with Gasteiger partial charge in [0, 0.05) is 31.9 Å². The molecule has 2 heterocycles. The number of hydrogen-bond acceptors (Lipinski definition) is 4.